The van der Waals surface area contributed by atoms with Crippen LogP contribution in [-0.2, 0) is 9.59 Å². The molecule has 2 aromatic carbocycles. The lowest BCUT2D eigenvalue weighted by molar-refractivity contribution is -0.129. The Hall–Kier alpha value is -2.84. The van der Waals surface area contributed by atoms with Crippen molar-refractivity contribution < 1.29 is 19.8 Å². The van der Waals surface area contributed by atoms with Gasteiger partial charge >= 0.3 is 0 Å². The first-order valence-corrected chi connectivity index (χ1v) is 9.24. The number of para-hydroxylation sites is 1. The van der Waals surface area contributed by atoms with Gasteiger partial charge in [0.2, 0.25) is 5.91 Å². The minimum Gasteiger partial charge on any atom is -0.508 e. The van der Waals surface area contributed by atoms with E-state index >= 15 is 0 Å². The molecule has 8 heteroatoms. The molecule has 1 aliphatic rings. The molecule has 1 unspecified atom stereocenters. The molecule has 1 atom stereocenters. The Kier molecular flexibility index (Phi) is 5.48. The number of carbonyl (C=O) groups is 2. The quantitative estimate of drug-likeness (QED) is 0.414. The van der Waals surface area contributed by atoms with Crippen molar-refractivity contribution in [2.45, 2.75) is 13.0 Å². The molecule has 0 aliphatic carbocycles. The molecule has 1 heterocycles. The molecule has 6 nitrogen and oxygen atoms in total. The maximum Gasteiger partial charge on any atom is 0.266 e. The number of rotatable bonds is 4. The van der Waals surface area contributed by atoms with Gasteiger partial charge in [-0.1, -0.05) is 42.2 Å². The normalized spacial score (nSPS) is 16.6. The smallest absolute Gasteiger partial charge is 0.266 e. The van der Waals surface area contributed by atoms with Crippen molar-refractivity contribution in [2.75, 3.05) is 5.32 Å². The number of nitrogens with zero attached hydrogens (tertiary/aromatic N) is 1. The second kappa shape index (κ2) is 7.81. The van der Waals surface area contributed by atoms with Gasteiger partial charge in [0.05, 0.1) is 4.91 Å². The Labute approximate surface area is 165 Å². The number of aromatic hydroxyl groups is 2. The van der Waals surface area contributed by atoms with Gasteiger partial charge in [0.15, 0.2) is 0 Å². The van der Waals surface area contributed by atoms with Crippen LogP contribution < -0.4 is 5.32 Å². The van der Waals surface area contributed by atoms with Crippen LogP contribution in [0.15, 0.2) is 53.4 Å². The predicted molar refractivity (Wildman–Crippen MR) is 109 cm³/mol. The fraction of sp³-hybridized carbons (Fsp3) is 0.105. The number of anilines is 1. The number of thioether (sulfide) groups is 1. The predicted octanol–water partition coefficient (Wildman–Crippen LogP) is 3.33. The van der Waals surface area contributed by atoms with Crippen molar-refractivity contribution in [1.82, 2.24) is 4.90 Å². The van der Waals surface area contributed by atoms with E-state index in [-0.39, 0.29) is 21.7 Å². The molecule has 0 spiro atoms. The minimum atomic E-state index is -0.818. The molecule has 1 fully saturated rings. The molecule has 0 saturated carbocycles. The Balaban J connectivity index is 1.77. The van der Waals surface area contributed by atoms with Gasteiger partial charge in [0.25, 0.3) is 5.91 Å². The molecular formula is C19H16N2O4S2. The van der Waals surface area contributed by atoms with Crippen molar-refractivity contribution in [3.05, 3.63) is 59.0 Å². The van der Waals surface area contributed by atoms with Gasteiger partial charge < -0.3 is 15.5 Å². The first-order chi connectivity index (χ1) is 12.9. The van der Waals surface area contributed by atoms with Crippen LogP contribution in [0.4, 0.5) is 5.69 Å². The second-order valence-corrected chi connectivity index (χ2v) is 7.50. The van der Waals surface area contributed by atoms with E-state index in [0.717, 1.165) is 11.8 Å². The standard InChI is InChI=1S/C19H16N2O4S2/c1-11(17(24)20-13-6-8-14(22)9-7-13)21-18(25)16(27-19(21)26)10-12-4-2-3-5-15(12)23/h2-11,22-23H,1H3,(H,20,24)/b16-10-. The van der Waals surface area contributed by atoms with Crippen molar-refractivity contribution in [3.63, 3.8) is 0 Å². The molecule has 2 amide bonds. The fourth-order valence-corrected chi connectivity index (χ4v) is 3.88. The van der Waals surface area contributed by atoms with Gasteiger partial charge in [-0.3, -0.25) is 14.5 Å². The molecule has 0 radical (unpaired) electrons. The lowest BCUT2D eigenvalue weighted by Crippen LogP contribution is -2.44. The maximum atomic E-state index is 12.7. The first kappa shape index (κ1) is 18.9. The number of hydrogen-bond acceptors (Lipinski definition) is 6. The highest BCUT2D eigenvalue weighted by Crippen LogP contribution is 2.35. The maximum absolute atomic E-state index is 12.7. The topological polar surface area (TPSA) is 89.9 Å². The van der Waals surface area contributed by atoms with Crippen molar-refractivity contribution in [2.24, 2.45) is 0 Å². The van der Waals surface area contributed by atoms with Gasteiger partial charge in [-0.25, -0.2) is 0 Å². The summed E-state index contributed by atoms with van der Waals surface area (Å²) in [6.45, 7) is 1.59. The average molecular weight is 400 g/mol. The Bertz CT molecular complexity index is 941. The summed E-state index contributed by atoms with van der Waals surface area (Å²) in [5, 5.41) is 21.9. The summed E-state index contributed by atoms with van der Waals surface area (Å²) >= 11 is 6.36. The summed E-state index contributed by atoms with van der Waals surface area (Å²) in [6.07, 6.45) is 1.55. The zero-order valence-corrected chi connectivity index (χ0v) is 15.9. The summed E-state index contributed by atoms with van der Waals surface area (Å²) in [5.74, 6) is -0.643. The van der Waals surface area contributed by atoms with E-state index in [1.165, 1.54) is 23.1 Å². The van der Waals surface area contributed by atoms with Crippen LogP contribution in [0.25, 0.3) is 6.08 Å². The molecule has 1 aliphatic heterocycles. The number of hydrogen-bond donors (Lipinski definition) is 3. The highest BCUT2D eigenvalue weighted by molar-refractivity contribution is 8.26. The van der Waals surface area contributed by atoms with Gasteiger partial charge in [-0.2, -0.15) is 0 Å². The molecular weight excluding hydrogens is 384 g/mol. The fourth-order valence-electron chi connectivity index (χ4n) is 2.47. The van der Waals surface area contributed by atoms with Crippen molar-refractivity contribution >= 4 is 51.9 Å². The van der Waals surface area contributed by atoms with Crippen LogP contribution >= 0.6 is 24.0 Å². The molecule has 2 aromatic rings. The Morgan fingerprint density at radius 1 is 1.19 bits per heavy atom. The number of thiocarbonyl (C=S) groups is 1. The average Bonchev–Trinajstić information content (AvgIpc) is 2.92. The summed E-state index contributed by atoms with van der Waals surface area (Å²) < 4.78 is 0.273. The lowest BCUT2D eigenvalue weighted by Gasteiger charge is -2.22. The van der Waals surface area contributed by atoms with E-state index in [0.29, 0.717) is 16.2 Å². The van der Waals surface area contributed by atoms with Crippen molar-refractivity contribution in [3.8, 4) is 11.5 Å². The van der Waals surface area contributed by atoms with Crippen LogP contribution in [0.3, 0.4) is 0 Å². The number of nitrogens with one attached hydrogen (secondary N) is 1. The molecule has 1 saturated heterocycles. The third-order valence-corrected chi connectivity index (χ3v) is 5.28. The Morgan fingerprint density at radius 3 is 2.52 bits per heavy atom. The molecule has 0 aromatic heterocycles. The Morgan fingerprint density at radius 2 is 1.85 bits per heavy atom. The van der Waals surface area contributed by atoms with Gasteiger partial charge in [-0.15, -0.1) is 0 Å². The van der Waals surface area contributed by atoms with Crippen LogP contribution in [0.5, 0.6) is 11.5 Å². The molecule has 0 bridgehead atoms. The summed E-state index contributed by atoms with van der Waals surface area (Å²) in [7, 11) is 0. The summed E-state index contributed by atoms with van der Waals surface area (Å²) in [4.78, 5) is 26.8. The highest BCUT2D eigenvalue weighted by Gasteiger charge is 2.38. The van der Waals surface area contributed by atoms with Crippen LogP contribution in [-0.4, -0.2) is 37.3 Å². The lowest BCUT2D eigenvalue weighted by atomic mass is 10.2. The van der Waals surface area contributed by atoms with E-state index in [2.05, 4.69) is 5.32 Å². The molecule has 3 N–H and O–H groups in total. The minimum absolute atomic E-state index is 0.0564. The third-order valence-electron chi connectivity index (χ3n) is 3.95. The number of carbonyl (C=O) groups excluding carboxylic acids is 2. The van der Waals surface area contributed by atoms with E-state index < -0.39 is 11.9 Å². The summed E-state index contributed by atoms with van der Waals surface area (Å²) in [5.41, 5.74) is 0.999. The van der Waals surface area contributed by atoms with Gasteiger partial charge in [0, 0.05) is 11.3 Å². The number of phenols is 2. The van der Waals surface area contributed by atoms with Crippen LogP contribution in [0, 0.1) is 0 Å². The zero-order chi connectivity index (χ0) is 19.6. The van der Waals surface area contributed by atoms with E-state index in [1.54, 1.807) is 43.3 Å². The second-order valence-electron chi connectivity index (χ2n) is 5.82. The zero-order valence-electron chi connectivity index (χ0n) is 14.2. The van der Waals surface area contributed by atoms with Crippen LogP contribution in [0.1, 0.15) is 12.5 Å². The monoisotopic (exact) mass is 400 g/mol. The largest absolute Gasteiger partial charge is 0.508 e. The first-order valence-electron chi connectivity index (χ1n) is 8.02. The third kappa shape index (κ3) is 4.12. The number of amides is 2. The number of benzene rings is 2. The highest BCUT2D eigenvalue weighted by atomic mass is 32.2. The van der Waals surface area contributed by atoms with Gasteiger partial charge in [-0.05, 0) is 43.3 Å². The van der Waals surface area contributed by atoms with E-state index in [4.69, 9.17) is 12.2 Å². The van der Waals surface area contributed by atoms with Crippen molar-refractivity contribution in [1.29, 1.82) is 0 Å². The summed E-state index contributed by atoms with van der Waals surface area (Å²) in [6, 6.07) is 11.9. The molecule has 27 heavy (non-hydrogen) atoms. The molecule has 3 rings (SSSR count). The number of phenolic OH excluding ortho intramolecular Hbond substituents is 2. The molecule has 138 valence electrons. The van der Waals surface area contributed by atoms with Crippen LogP contribution in [0.2, 0.25) is 0 Å². The van der Waals surface area contributed by atoms with E-state index in [9.17, 15) is 19.8 Å². The SMILES string of the molecule is CC(C(=O)Nc1ccc(O)cc1)N1C(=O)/C(=C/c2ccccc2O)SC1=S. The van der Waals surface area contributed by atoms with E-state index in [1.807, 2.05) is 0 Å². The van der Waals surface area contributed by atoms with Gasteiger partial charge in [0.1, 0.15) is 21.9 Å².